The summed E-state index contributed by atoms with van der Waals surface area (Å²) in [5, 5.41) is 9.69. The molecule has 15 heavy (non-hydrogen) atoms. The average Bonchev–Trinajstić information content (AvgIpc) is 1.98. The number of ketones is 1. The summed E-state index contributed by atoms with van der Waals surface area (Å²) in [5.74, 6) is 0.0669. The van der Waals surface area contributed by atoms with Crippen molar-refractivity contribution in [3.05, 3.63) is 23.3 Å². The average molecular weight is 208 g/mol. The van der Waals surface area contributed by atoms with Gasteiger partial charge in [0.05, 0.1) is 6.10 Å². The van der Waals surface area contributed by atoms with Gasteiger partial charge in [-0.3, -0.25) is 4.79 Å². The van der Waals surface area contributed by atoms with Gasteiger partial charge in [-0.1, -0.05) is 25.5 Å². The van der Waals surface area contributed by atoms with Gasteiger partial charge in [0.15, 0.2) is 5.78 Å². The Kier molecular flexibility index (Phi) is 3.50. The molecule has 0 aliphatic heterocycles. The normalized spacial score (nSPS) is 26.1. The smallest absolute Gasteiger partial charge is 0.152 e. The minimum Gasteiger partial charge on any atom is -0.393 e. The first kappa shape index (κ1) is 12.2. The zero-order valence-electron chi connectivity index (χ0n) is 10.0. The van der Waals surface area contributed by atoms with Gasteiger partial charge in [-0.15, -0.1) is 0 Å². The van der Waals surface area contributed by atoms with Crippen molar-refractivity contribution in [1.29, 1.82) is 0 Å². The van der Waals surface area contributed by atoms with E-state index in [1.54, 1.807) is 13.0 Å². The van der Waals surface area contributed by atoms with E-state index in [4.69, 9.17) is 0 Å². The lowest BCUT2D eigenvalue weighted by Gasteiger charge is -2.35. The highest BCUT2D eigenvalue weighted by atomic mass is 16.3. The fourth-order valence-corrected chi connectivity index (χ4v) is 2.38. The predicted octanol–water partition coefficient (Wildman–Crippen LogP) is 2.63. The van der Waals surface area contributed by atoms with Gasteiger partial charge >= 0.3 is 0 Å². The van der Waals surface area contributed by atoms with Crippen molar-refractivity contribution in [3.63, 3.8) is 0 Å². The van der Waals surface area contributed by atoms with E-state index in [-0.39, 0.29) is 17.3 Å². The van der Waals surface area contributed by atoms with Crippen LogP contribution in [0.15, 0.2) is 23.3 Å². The van der Waals surface area contributed by atoms with Gasteiger partial charge in [0, 0.05) is 0 Å². The zero-order valence-corrected chi connectivity index (χ0v) is 10.0. The molecular formula is C13H20O2. The van der Waals surface area contributed by atoms with Crippen LogP contribution < -0.4 is 0 Å². The number of hydrogen-bond donors (Lipinski definition) is 1. The minimum atomic E-state index is -0.241. The molecule has 0 saturated carbocycles. The third-order valence-corrected chi connectivity index (χ3v) is 2.96. The van der Waals surface area contributed by atoms with Crippen LogP contribution in [0.3, 0.4) is 0 Å². The maximum Gasteiger partial charge on any atom is 0.152 e. The second kappa shape index (κ2) is 4.31. The summed E-state index contributed by atoms with van der Waals surface area (Å²) in [6, 6.07) is 0. The van der Waals surface area contributed by atoms with E-state index in [1.165, 1.54) is 11.1 Å². The van der Waals surface area contributed by atoms with Gasteiger partial charge in [-0.05, 0) is 43.8 Å². The Morgan fingerprint density at radius 2 is 2.13 bits per heavy atom. The molecular weight excluding hydrogens is 188 g/mol. The molecule has 0 aromatic rings. The van der Waals surface area contributed by atoms with Crippen LogP contribution in [0.5, 0.6) is 0 Å². The van der Waals surface area contributed by atoms with Gasteiger partial charge in [0.1, 0.15) is 0 Å². The number of allylic oxidation sites excluding steroid dienone is 3. The van der Waals surface area contributed by atoms with Crippen LogP contribution in [0.2, 0.25) is 0 Å². The largest absolute Gasteiger partial charge is 0.393 e. The summed E-state index contributed by atoms with van der Waals surface area (Å²) in [6.07, 6.45) is 4.76. The van der Waals surface area contributed by atoms with Crippen molar-refractivity contribution in [1.82, 2.24) is 0 Å². The van der Waals surface area contributed by atoms with E-state index in [0.717, 1.165) is 12.8 Å². The quantitative estimate of drug-likeness (QED) is 0.708. The van der Waals surface area contributed by atoms with Gasteiger partial charge < -0.3 is 5.11 Å². The summed E-state index contributed by atoms with van der Waals surface area (Å²) in [4.78, 5) is 10.9. The van der Waals surface area contributed by atoms with E-state index in [0.29, 0.717) is 0 Å². The first-order valence-corrected chi connectivity index (χ1v) is 5.40. The van der Waals surface area contributed by atoms with E-state index in [1.807, 2.05) is 13.0 Å². The van der Waals surface area contributed by atoms with Crippen molar-refractivity contribution in [3.8, 4) is 0 Å². The van der Waals surface area contributed by atoms with Crippen LogP contribution in [0, 0.1) is 5.41 Å². The van der Waals surface area contributed by atoms with Crippen LogP contribution in [-0.4, -0.2) is 17.0 Å². The first-order valence-electron chi connectivity index (χ1n) is 5.40. The number of carbonyl (C=O) groups is 1. The van der Waals surface area contributed by atoms with Gasteiger partial charge in [0.25, 0.3) is 0 Å². The molecule has 1 N–H and O–H groups in total. The first-order chi connectivity index (χ1) is 6.83. The molecule has 1 rings (SSSR count). The lowest BCUT2D eigenvalue weighted by atomic mass is 9.71. The highest BCUT2D eigenvalue weighted by Crippen LogP contribution is 2.40. The van der Waals surface area contributed by atoms with Crippen molar-refractivity contribution in [2.75, 3.05) is 0 Å². The number of rotatable bonds is 2. The van der Waals surface area contributed by atoms with Crippen LogP contribution in [0.25, 0.3) is 0 Å². The maximum absolute atomic E-state index is 10.9. The molecule has 2 heteroatoms. The lowest BCUT2D eigenvalue weighted by Crippen LogP contribution is -2.28. The molecule has 0 radical (unpaired) electrons. The number of aliphatic hydroxyl groups excluding tert-OH is 1. The van der Waals surface area contributed by atoms with Gasteiger partial charge in [-0.25, -0.2) is 0 Å². The molecule has 0 fully saturated rings. The van der Waals surface area contributed by atoms with Crippen molar-refractivity contribution in [2.24, 2.45) is 5.41 Å². The Bertz CT molecular complexity index is 321. The Morgan fingerprint density at radius 1 is 1.53 bits per heavy atom. The molecule has 1 unspecified atom stereocenters. The summed E-state index contributed by atoms with van der Waals surface area (Å²) < 4.78 is 0. The molecule has 0 spiro atoms. The Balaban J connectivity index is 3.01. The Labute approximate surface area is 91.7 Å². The van der Waals surface area contributed by atoms with Crippen LogP contribution in [-0.2, 0) is 4.79 Å². The van der Waals surface area contributed by atoms with E-state index in [9.17, 15) is 9.90 Å². The third-order valence-electron chi connectivity index (χ3n) is 2.96. The van der Waals surface area contributed by atoms with Crippen LogP contribution in [0.1, 0.15) is 40.5 Å². The molecule has 1 aliphatic rings. The molecule has 1 aliphatic carbocycles. The van der Waals surface area contributed by atoms with Gasteiger partial charge in [-0.2, -0.15) is 0 Å². The summed E-state index contributed by atoms with van der Waals surface area (Å²) >= 11 is 0. The van der Waals surface area contributed by atoms with Gasteiger partial charge in [0.2, 0.25) is 0 Å². The topological polar surface area (TPSA) is 37.3 Å². The molecule has 2 nitrogen and oxygen atoms in total. The number of hydrogen-bond acceptors (Lipinski definition) is 2. The summed E-state index contributed by atoms with van der Waals surface area (Å²) in [6.45, 7) is 7.80. The maximum atomic E-state index is 10.9. The lowest BCUT2D eigenvalue weighted by molar-refractivity contribution is -0.112. The van der Waals surface area contributed by atoms with E-state index in [2.05, 4.69) is 13.8 Å². The molecule has 0 saturated heterocycles. The highest BCUT2D eigenvalue weighted by molar-refractivity contribution is 5.87. The zero-order chi connectivity index (χ0) is 11.6. The number of aliphatic hydroxyl groups is 1. The fourth-order valence-electron chi connectivity index (χ4n) is 2.38. The SMILES string of the molecule is CC(=O)/C=C/C1=C(C)CC(O)CC1(C)C. The Morgan fingerprint density at radius 3 is 2.60 bits per heavy atom. The molecule has 0 aromatic heterocycles. The van der Waals surface area contributed by atoms with E-state index < -0.39 is 0 Å². The second-order valence-electron chi connectivity index (χ2n) is 5.08. The standard InChI is InChI=1S/C13H20O2/c1-9-7-11(15)8-13(3,4)12(9)6-5-10(2)14/h5-6,11,15H,7-8H2,1-4H3/b6-5+. The summed E-state index contributed by atoms with van der Waals surface area (Å²) in [5.41, 5.74) is 2.35. The minimum absolute atomic E-state index is 0.0340. The Hall–Kier alpha value is -0.890. The molecule has 0 amide bonds. The van der Waals surface area contributed by atoms with Crippen LogP contribution >= 0.6 is 0 Å². The van der Waals surface area contributed by atoms with Crippen molar-refractivity contribution >= 4 is 5.78 Å². The third kappa shape index (κ3) is 3.03. The predicted molar refractivity (Wildman–Crippen MR) is 61.5 cm³/mol. The van der Waals surface area contributed by atoms with Crippen LogP contribution in [0.4, 0.5) is 0 Å². The highest BCUT2D eigenvalue weighted by Gasteiger charge is 2.31. The molecule has 84 valence electrons. The number of carbonyl (C=O) groups excluding carboxylic acids is 1. The molecule has 0 bridgehead atoms. The van der Waals surface area contributed by atoms with Crippen molar-refractivity contribution in [2.45, 2.75) is 46.6 Å². The molecule has 1 atom stereocenters. The molecule has 0 aromatic carbocycles. The molecule has 0 heterocycles. The summed E-state index contributed by atoms with van der Waals surface area (Å²) in [7, 11) is 0. The fraction of sp³-hybridized carbons (Fsp3) is 0.615. The second-order valence-corrected chi connectivity index (χ2v) is 5.08. The van der Waals surface area contributed by atoms with Crippen molar-refractivity contribution < 1.29 is 9.90 Å². The van der Waals surface area contributed by atoms with E-state index >= 15 is 0 Å². The monoisotopic (exact) mass is 208 g/mol.